The fourth-order valence-corrected chi connectivity index (χ4v) is 7.69. The van der Waals surface area contributed by atoms with Crippen molar-refractivity contribution in [3.8, 4) is 0 Å². The van der Waals surface area contributed by atoms with Gasteiger partial charge in [-0.05, 0) is 94.8 Å². The molecule has 2 N–H and O–H groups in total. The van der Waals surface area contributed by atoms with Gasteiger partial charge in [0, 0.05) is 49.1 Å². The number of carboxylic acids is 1. The second kappa shape index (κ2) is 10.2. The topological polar surface area (TPSA) is 104 Å². The molecule has 1 aliphatic carbocycles. The van der Waals surface area contributed by atoms with Gasteiger partial charge in [0.05, 0.1) is 11.9 Å². The average Bonchev–Trinajstić information content (AvgIpc) is 3.60. The maximum absolute atomic E-state index is 12.2. The molecule has 2 aliphatic rings. The number of rotatable bonds is 7. The summed E-state index contributed by atoms with van der Waals surface area (Å²) in [5.41, 5.74) is 8.11. The van der Waals surface area contributed by atoms with E-state index in [1.807, 2.05) is 32.2 Å². The molecular formula is C32H33N5O3S. The first-order valence-electron chi connectivity index (χ1n) is 14.3. The molecule has 1 aliphatic heterocycles. The SMILES string of the molecule is Cc1c(C(CC(=O)O)c2cc(CN3Cc4[nH]c(=O)ccc4CC(C4CC4)C3)c3sccc3c2)ccc2c1nnn2C. The third kappa shape index (κ3) is 4.97. The zero-order chi connectivity index (χ0) is 28.2. The summed E-state index contributed by atoms with van der Waals surface area (Å²) < 4.78 is 2.98. The lowest BCUT2D eigenvalue weighted by atomic mass is 9.84. The van der Waals surface area contributed by atoms with E-state index in [0.717, 1.165) is 64.2 Å². The molecule has 4 heterocycles. The Labute approximate surface area is 241 Å². The van der Waals surface area contributed by atoms with Crippen LogP contribution in [0.5, 0.6) is 0 Å². The number of carbonyl (C=O) groups is 1. The van der Waals surface area contributed by atoms with Crippen LogP contribution in [0, 0.1) is 18.8 Å². The summed E-state index contributed by atoms with van der Waals surface area (Å²) in [5.74, 6) is 0.177. The Balaban J connectivity index is 1.29. The van der Waals surface area contributed by atoms with Crippen LogP contribution in [0.3, 0.4) is 0 Å². The van der Waals surface area contributed by atoms with Crippen LogP contribution in [0.4, 0.5) is 0 Å². The first kappa shape index (κ1) is 26.1. The first-order chi connectivity index (χ1) is 19.8. The van der Waals surface area contributed by atoms with Crippen LogP contribution >= 0.6 is 11.3 Å². The average molecular weight is 568 g/mol. The lowest BCUT2D eigenvalue weighted by Gasteiger charge is -2.26. The summed E-state index contributed by atoms with van der Waals surface area (Å²) in [4.78, 5) is 30.0. The zero-order valence-corrected chi connectivity index (χ0v) is 24.1. The summed E-state index contributed by atoms with van der Waals surface area (Å²) >= 11 is 1.73. The molecule has 2 atom stereocenters. The molecule has 2 unspecified atom stereocenters. The predicted octanol–water partition coefficient (Wildman–Crippen LogP) is 5.37. The predicted molar refractivity (Wildman–Crippen MR) is 160 cm³/mol. The number of hydrogen-bond acceptors (Lipinski definition) is 6. The van der Waals surface area contributed by atoms with E-state index in [1.165, 1.54) is 28.7 Å². The number of thiophene rings is 1. The van der Waals surface area contributed by atoms with Crippen LogP contribution in [0.2, 0.25) is 0 Å². The maximum Gasteiger partial charge on any atom is 0.304 e. The molecule has 7 rings (SSSR count). The second-order valence-electron chi connectivity index (χ2n) is 11.8. The van der Waals surface area contributed by atoms with Crippen LogP contribution in [0.25, 0.3) is 21.1 Å². The monoisotopic (exact) mass is 567 g/mol. The Bertz CT molecular complexity index is 1850. The molecule has 41 heavy (non-hydrogen) atoms. The number of nitrogens with one attached hydrogen (secondary N) is 1. The maximum atomic E-state index is 12.2. The van der Waals surface area contributed by atoms with E-state index in [2.05, 4.69) is 43.8 Å². The molecule has 1 fully saturated rings. The minimum Gasteiger partial charge on any atom is -0.481 e. The lowest BCUT2D eigenvalue weighted by molar-refractivity contribution is -0.137. The van der Waals surface area contributed by atoms with E-state index in [9.17, 15) is 14.7 Å². The highest BCUT2D eigenvalue weighted by Crippen LogP contribution is 2.42. The van der Waals surface area contributed by atoms with Gasteiger partial charge >= 0.3 is 5.97 Å². The van der Waals surface area contributed by atoms with Gasteiger partial charge in [0.1, 0.15) is 5.52 Å². The van der Waals surface area contributed by atoms with Crippen LogP contribution < -0.4 is 5.56 Å². The lowest BCUT2D eigenvalue weighted by Crippen LogP contribution is -2.29. The number of hydrogen-bond donors (Lipinski definition) is 2. The second-order valence-corrected chi connectivity index (χ2v) is 12.7. The van der Waals surface area contributed by atoms with Crippen LogP contribution in [0.15, 0.2) is 52.6 Å². The molecule has 9 heteroatoms. The molecule has 5 aromatic rings. The smallest absolute Gasteiger partial charge is 0.304 e. The Kier molecular flexibility index (Phi) is 6.51. The van der Waals surface area contributed by atoms with Crippen molar-refractivity contribution >= 4 is 38.4 Å². The number of fused-ring (bicyclic) bond motifs is 3. The number of aliphatic carboxylic acids is 1. The van der Waals surface area contributed by atoms with E-state index in [0.29, 0.717) is 12.5 Å². The fraction of sp³-hybridized carbons (Fsp3) is 0.375. The molecule has 1 saturated carbocycles. The highest BCUT2D eigenvalue weighted by Gasteiger charge is 2.35. The number of aromatic nitrogens is 4. The molecule has 210 valence electrons. The van der Waals surface area contributed by atoms with Gasteiger partial charge in [0.2, 0.25) is 5.56 Å². The van der Waals surface area contributed by atoms with E-state index in [1.54, 1.807) is 22.1 Å². The molecule has 0 bridgehead atoms. The third-order valence-corrected chi connectivity index (χ3v) is 10.0. The molecule has 3 aromatic heterocycles. The van der Waals surface area contributed by atoms with Gasteiger partial charge in [0.15, 0.2) is 0 Å². The number of pyridine rings is 1. The van der Waals surface area contributed by atoms with Gasteiger partial charge in [-0.25, -0.2) is 4.68 Å². The number of aromatic amines is 1. The highest BCUT2D eigenvalue weighted by atomic mass is 32.1. The van der Waals surface area contributed by atoms with Crippen molar-refractivity contribution in [1.82, 2.24) is 24.9 Å². The van der Waals surface area contributed by atoms with Crippen molar-refractivity contribution in [2.75, 3.05) is 6.54 Å². The van der Waals surface area contributed by atoms with Gasteiger partial charge in [-0.15, -0.1) is 16.4 Å². The standard InChI is InChI=1S/C32H33N5O3S/c1-18-25(6-7-28-31(18)34-35-36(28)2)26(14-30(39)40)22-12-21-9-10-41-32(21)24(13-22)16-37-15-23(19-3-4-19)11-20-5-8-29(38)33-27(20)17-37/h5-10,12-13,19,23,26H,3-4,11,14-17H2,1-2H3,(H,33,38)(H,39,40). The minimum atomic E-state index is -0.832. The molecule has 8 nitrogen and oxygen atoms in total. The normalized spacial score (nSPS) is 18.4. The molecule has 0 amide bonds. The largest absolute Gasteiger partial charge is 0.481 e. The van der Waals surface area contributed by atoms with Crippen molar-refractivity contribution in [3.05, 3.63) is 91.7 Å². The molecular weight excluding hydrogens is 534 g/mol. The Hall–Kier alpha value is -3.82. The molecule has 2 aromatic carbocycles. The summed E-state index contributed by atoms with van der Waals surface area (Å²) in [6, 6.07) is 14.2. The molecule has 0 spiro atoms. The van der Waals surface area contributed by atoms with Gasteiger partial charge in [-0.1, -0.05) is 23.4 Å². The first-order valence-corrected chi connectivity index (χ1v) is 15.2. The highest BCUT2D eigenvalue weighted by molar-refractivity contribution is 7.17. The quantitative estimate of drug-likeness (QED) is 0.274. The Morgan fingerprint density at radius 3 is 2.83 bits per heavy atom. The van der Waals surface area contributed by atoms with E-state index < -0.39 is 5.97 Å². The van der Waals surface area contributed by atoms with Gasteiger partial charge in [0.25, 0.3) is 0 Å². The molecule has 0 radical (unpaired) electrons. The fourth-order valence-electron chi connectivity index (χ4n) is 6.80. The van der Waals surface area contributed by atoms with E-state index >= 15 is 0 Å². The van der Waals surface area contributed by atoms with Gasteiger partial charge in [-0.2, -0.15) is 0 Å². The van der Waals surface area contributed by atoms with Crippen molar-refractivity contribution < 1.29 is 9.90 Å². The van der Waals surface area contributed by atoms with Gasteiger partial charge in [-0.3, -0.25) is 14.5 Å². The summed E-state index contributed by atoms with van der Waals surface area (Å²) in [6.45, 7) is 4.44. The summed E-state index contributed by atoms with van der Waals surface area (Å²) in [6.07, 6.45) is 3.57. The number of nitrogens with zero attached hydrogens (tertiary/aromatic N) is 4. The number of benzene rings is 2. The summed E-state index contributed by atoms with van der Waals surface area (Å²) in [7, 11) is 1.87. The van der Waals surface area contributed by atoms with Crippen LogP contribution in [0.1, 0.15) is 58.7 Å². The number of carboxylic acid groups (broad SMARTS) is 1. The van der Waals surface area contributed by atoms with Gasteiger partial charge < -0.3 is 10.1 Å². The number of aryl methyl sites for hydroxylation is 2. The van der Waals surface area contributed by atoms with Crippen LogP contribution in [-0.4, -0.2) is 42.5 Å². The minimum absolute atomic E-state index is 0.0101. The van der Waals surface area contributed by atoms with Crippen molar-refractivity contribution in [2.45, 2.75) is 51.6 Å². The van der Waals surface area contributed by atoms with E-state index in [-0.39, 0.29) is 17.9 Å². The van der Waals surface area contributed by atoms with E-state index in [4.69, 9.17) is 0 Å². The Morgan fingerprint density at radius 2 is 2.02 bits per heavy atom. The van der Waals surface area contributed by atoms with Crippen molar-refractivity contribution in [3.63, 3.8) is 0 Å². The zero-order valence-electron chi connectivity index (χ0n) is 23.3. The van der Waals surface area contributed by atoms with Crippen LogP contribution in [-0.2, 0) is 31.4 Å². The number of H-pyrrole nitrogens is 1. The Morgan fingerprint density at radius 1 is 1.17 bits per heavy atom. The molecule has 0 saturated heterocycles. The third-order valence-electron chi connectivity index (χ3n) is 9.02. The summed E-state index contributed by atoms with van der Waals surface area (Å²) in [5, 5.41) is 21.8. The van der Waals surface area contributed by atoms with Crippen molar-refractivity contribution in [1.29, 1.82) is 0 Å². The van der Waals surface area contributed by atoms with Crippen molar-refractivity contribution in [2.24, 2.45) is 18.9 Å².